The molecule has 0 saturated heterocycles. The summed E-state index contributed by atoms with van der Waals surface area (Å²) >= 11 is 1.61. The van der Waals surface area contributed by atoms with Crippen LogP contribution in [0.1, 0.15) is 4.88 Å². The molecule has 0 spiro atoms. The van der Waals surface area contributed by atoms with Crippen molar-refractivity contribution in [1.82, 2.24) is 0 Å². The van der Waals surface area contributed by atoms with Gasteiger partial charge in [0.05, 0.1) is 5.69 Å². The lowest BCUT2D eigenvalue weighted by molar-refractivity contribution is 0.598. The highest BCUT2D eigenvalue weighted by atomic mass is 32.2. The van der Waals surface area contributed by atoms with Gasteiger partial charge < -0.3 is 5.32 Å². The fraction of sp³-hybridized carbons (Fsp3) is 0.0909. The van der Waals surface area contributed by atoms with Gasteiger partial charge >= 0.3 is 0 Å². The van der Waals surface area contributed by atoms with Crippen LogP contribution in [0.4, 0.5) is 5.69 Å². The van der Waals surface area contributed by atoms with Crippen LogP contribution in [0.15, 0.2) is 46.7 Å². The molecular formula is C11H12N2O2S2. The first-order valence-corrected chi connectivity index (χ1v) is 7.38. The molecule has 0 aliphatic rings. The number of nitrogens with one attached hydrogen (secondary N) is 1. The molecular weight excluding hydrogens is 256 g/mol. The molecule has 2 aromatic rings. The summed E-state index contributed by atoms with van der Waals surface area (Å²) in [5.41, 5.74) is 0.531. The van der Waals surface area contributed by atoms with E-state index in [4.69, 9.17) is 5.14 Å². The fourth-order valence-electron chi connectivity index (χ4n) is 1.46. The Hall–Kier alpha value is -1.37. The molecule has 6 heteroatoms. The van der Waals surface area contributed by atoms with Crippen LogP contribution in [0.5, 0.6) is 0 Å². The number of rotatable bonds is 4. The maximum Gasteiger partial charge on any atom is 0.240 e. The summed E-state index contributed by atoms with van der Waals surface area (Å²) < 4.78 is 22.7. The minimum Gasteiger partial charge on any atom is -0.379 e. The molecule has 0 aliphatic heterocycles. The van der Waals surface area contributed by atoms with Gasteiger partial charge in [0.2, 0.25) is 10.0 Å². The normalized spacial score (nSPS) is 11.4. The van der Waals surface area contributed by atoms with E-state index in [-0.39, 0.29) is 4.90 Å². The summed E-state index contributed by atoms with van der Waals surface area (Å²) in [6.45, 7) is 0.587. The van der Waals surface area contributed by atoms with Crippen LogP contribution in [0.25, 0.3) is 0 Å². The summed E-state index contributed by atoms with van der Waals surface area (Å²) in [5.74, 6) is 0. The summed E-state index contributed by atoms with van der Waals surface area (Å²) in [7, 11) is -3.68. The zero-order valence-electron chi connectivity index (χ0n) is 8.96. The molecule has 0 radical (unpaired) electrons. The zero-order chi connectivity index (χ0) is 12.3. The summed E-state index contributed by atoms with van der Waals surface area (Å²) in [6, 6.07) is 10.5. The van der Waals surface area contributed by atoms with Crippen molar-refractivity contribution in [2.75, 3.05) is 5.32 Å². The van der Waals surface area contributed by atoms with Crippen molar-refractivity contribution < 1.29 is 8.42 Å². The third-order valence-corrected chi connectivity index (χ3v) is 4.07. The maximum atomic E-state index is 11.4. The number of thiophene rings is 1. The standard InChI is InChI=1S/C11H12N2O2S2/c12-17(14,15)11-6-2-1-5-10(11)13-8-9-4-3-7-16-9/h1-7,13H,8H2,(H2,12,14,15). The van der Waals surface area contributed by atoms with E-state index in [0.717, 1.165) is 4.88 Å². The van der Waals surface area contributed by atoms with Crippen LogP contribution >= 0.6 is 11.3 Å². The fourth-order valence-corrected chi connectivity index (χ4v) is 2.82. The first kappa shape index (κ1) is 12.1. The average molecular weight is 268 g/mol. The molecule has 4 nitrogen and oxygen atoms in total. The molecule has 17 heavy (non-hydrogen) atoms. The largest absolute Gasteiger partial charge is 0.379 e. The van der Waals surface area contributed by atoms with Crippen molar-refractivity contribution in [3.63, 3.8) is 0 Å². The highest BCUT2D eigenvalue weighted by Gasteiger charge is 2.12. The quantitative estimate of drug-likeness (QED) is 0.891. The Bertz CT molecular complexity index is 592. The van der Waals surface area contributed by atoms with E-state index < -0.39 is 10.0 Å². The Balaban J connectivity index is 2.22. The summed E-state index contributed by atoms with van der Waals surface area (Å²) in [6.07, 6.45) is 0. The van der Waals surface area contributed by atoms with Crippen LogP contribution in [-0.2, 0) is 16.6 Å². The van der Waals surface area contributed by atoms with Gasteiger partial charge in [0.25, 0.3) is 0 Å². The van der Waals surface area contributed by atoms with Crippen molar-refractivity contribution in [1.29, 1.82) is 0 Å². The molecule has 0 amide bonds. The highest BCUT2D eigenvalue weighted by molar-refractivity contribution is 7.89. The zero-order valence-corrected chi connectivity index (χ0v) is 10.6. The number of hydrogen-bond acceptors (Lipinski definition) is 4. The lowest BCUT2D eigenvalue weighted by Gasteiger charge is -2.09. The molecule has 0 atom stereocenters. The Morgan fingerprint density at radius 3 is 2.59 bits per heavy atom. The van der Waals surface area contributed by atoms with E-state index in [9.17, 15) is 8.42 Å². The highest BCUT2D eigenvalue weighted by Crippen LogP contribution is 2.20. The number of primary sulfonamides is 1. The van der Waals surface area contributed by atoms with Crippen LogP contribution < -0.4 is 10.5 Å². The second-order valence-electron chi connectivity index (χ2n) is 3.47. The van der Waals surface area contributed by atoms with E-state index in [1.807, 2.05) is 17.5 Å². The van der Waals surface area contributed by atoms with Crippen LogP contribution in [0.3, 0.4) is 0 Å². The lowest BCUT2D eigenvalue weighted by Crippen LogP contribution is -2.14. The van der Waals surface area contributed by atoms with Crippen LogP contribution in [0.2, 0.25) is 0 Å². The number of nitrogens with two attached hydrogens (primary N) is 1. The van der Waals surface area contributed by atoms with Gasteiger partial charge in [-0.25, -0.2) is 13.6 Å². The van der Waals surface area contributed by atoms with E-state index in [1.165, 1.54) is 6.07 Å². The molecule has 0 fully saturated rings. The molecule has 0 aliphatic carbocycles. The van der Waals surface area contributed by atoms with E-state index in [0.29, 0.717) is 12.2 Å². The molecule has 0 unspecified atom stereocenters. The smallest absolute Gasteiger partial charge is 0.240 e. The molecule has 90 valence electrons. The molecule has 3 N–H and O–H groups in total. The van der Waals surface area contributed by atoms with Crippen molar-refractivity contribution in [3.8, 4) is 0 Å². The van der Waals surface area contributed by atoms with Crippen molar-refractivity contribution in [2.45, 2.75) is 11.4 Å². The van der Waals surface area contributed by atoms with Gasteiger partial charge in [0.15, 0.2) is 0 Å². The number of anilines is 1. The van der Waals surface area contributed by atoms with Gasteiger partial charge in [-0.1, -0.05) is 18.2 Å². The van der Waals surface area contributed by atoms with E-state index in [2.05, 4.69) is 5.32 Å². The van der Waals surface area contributed by atoms with Gasteiger partial charge in [-0.15, -0.1) is 11.3 Å². The Labute approximate surface area is 104 Å². The lowest BCUT2D eigenvalue weighted by atomic mass is 10.3. The van der Waals surface area contributed by atoms with Gasteiger partial charge in [0, 0.05) is 11.4 Å². The number of hydrogen-bond donors (Lipinski definition) is 2. The van der Waals surface area contributed by atoms with Crippen LogP contribution in [0, 0.1) is 0 Å². The molecule has 1 aromatic heterocycles. The monoisotopic (exact) mass is 268 g/mol. The Morgan fingerprint density at radius 2 is 1.94 bits per heavy atom. The van der Waals surface area contributed by atoms with Crippen LogP contribution in [-0.4, -0.2) is 8.42 Å². The topological polar surface area (TPSA) is 72.2 Å². The first-order valence-electron chi connectivity index (χ1n) is 4.95. The molecule has 0 bridgehead atoms. The first-order chi connectivity index (χ1) is 8.07. The van der Waals surface area contributed by atoms with E-state index >= 15 is 0 Å². The Kier molecular flexibility index (Phi) is 3.46. The third-order valence-electron chi connectivity index (χ3n) is 2.23. The van der Waals surface area contributed by atoms with Crippen molar-refractivity contribution >= 4 is 27.0 Å². The maximum absolute atomic E-state index is 11.4. The minimum absolute atomic E-state index is 0.122. The predicted octanol–water partition coefficient (Wildman–Crippen LogP) is 2.01. The van der Waals surface area contributed by atoms with Crippen molar-refractivity contribution in [3.05, 3.63) is 46.7 Å². The number of para-hydroxylation sites is 1. The summed E-state index contributed by atoms with van der Waals surface area (Å²) in [5, 5.41) is 10.2. The number of benzene rings is 1. The van der Waals surface area contributed by atoms with Crippen molar-refractivity contribution in [2.24, 2.45) is 5.14 Å². The van der Waals surface area contributed by atoms with E-state index in [1.54, 1.807) is 29.5 Å². The second kappa shape index (κ2) is 4.87. The SMILES string of the molecule is NS(=O)(=O)c1ccccc1NCc1cccs1. The van der Waals surface area contributed by atoms with Gasteiger partial charge in [-0.3, -0.25) is 0 Å². The molecule has 1 aromatic carbocycles. The molecule has 0 saturated carbocycles. The second-order valence-corrected chi connectivity index (χ2v) is 6.04. The van der Waals surface area contributed by atoms with Gasteiger partial charge in [0.1, 0.15) is 4.90 Å². The molecule has 2 rings (SSSR count). The average Bonchev–Trinajstić information content (AvgIpc) is 2.78. The minimum atomic E-state index is -3.68. The summed E-state index contributed by atoms with van der Waals surface area (Å²) in [4.78, 5) is 1.26. The third kappa shape index (κ3) is 3.06. The Morgan fingerprint density at radius 1 is 1.18 bits per heavy atom. The molecule has 1 heterocycles. The van der Waals surface area contributed by atoms with Gasteiger partial charge in [-0.05, 0) is 23.6 Å². The number of sulfonamides is 1. The predicted molar refractivity (Wildman–Crippen MR) is 69.5 cm³/mol. The van der Waals surface area contributed by atoms with Gasteiger partial charge in [-0.2, -0.15) is 0 Å².